The van der Waals surface area contributed by atoms with Crippen molar-refractivity contribution in [3.63, 3.8) is 0 Å². The fraction of sp³-hybridized carbons (Fsp3) is 0.357. The van der Waals surface area contributed by atoms with Crippen LogP contribution in [0.5, 0.6) is 5.75 Å². The first-order valence-electron chi connectivity index (χ1n) is 12.5. The number of ketones is 1. The molecule has 0 saturated heterocycles. The topological polar surface area (TPSA) is 126 Å². The average Bonchev–Trinajstić information content (AvgIpc) is 3.41. The van der Waals surface area contributed by atoms with Gasteiger partial charge in [-0.1, -0.05) is 24.4 Å². The fourth-order valence-corrected chi connectivity index (χ4v) is 4.60. The van der Waals surface area contributed by atoms with Crippen molar-refractivity contribution in [2.45, 2.75) is 58.4 Å². The number of hydrogen-bond donors (Lipinski definition) is 3. The molecule has 1 atom stereocenters. The number of benzene rings is 2. The third kappa shape index (κ3) is 6.72. The summed E-state index contributed by atoms with van der Waals surface area (Å²) in [6, 6.07) is 9.87. The van der Waals surface area contributed by atoms with Crippen LogP contribution in [0.2, 0.25) is 5.02 Å². The zero-order chi connectivity index (χ0) is 27.2. The maximum absolute atomic E-state index is 13.2. The third-order valence-electron chi connectivity index (χ3n) is 6.42. The molecule has 0 spiro atoms. The zero-order valence-corrected chi connectivity index (χ0v) is 22.4. The number of Topliss-reactive ketones (excluding diaryl/α,β-unsaturated/α-hetero) is 1. The summed E-state index contributed by atoms with van der Waals surface area (Å²) in [5.74, 6) is 0.111. The van der Waals surface area contributed by atoms with Gasteiger partial charge in [0.2, 0.25) is 5.91 Å². The van der Waals surface area contributed by atoms with E-state index >= 15 is 0 Å². The van der Waals surface area contributed by atoms with E-state index in [9.17, 15) is 14.4 Å². The number of ether oxygens (including phenoxy) is 1. The summed E-state index contributed by atoms with van der Waals surface area (Å²) in [7, 11) is 1.60. The monoisotopic (exact) mass is 538 g/mol. The van der Waals surface area contributed by atoms with Crippen LogP contribution in [0.4, 0.5) is 6.01 Å². The Morgan fingerprint density at radius 3 is 2.71 bits per heavy atom. The molecule has 2 heterocycles. The maximum atomic E-state index is 13.2. The second-order valence-corrected chi connectivity index (χ2v) is 9.80. The Hall–Kier alpha value is -3.85. The summed E-state index contributed by atoms with van der Waals surface area (Å²) in [6.07, 6.45) is 3.16. The van der Waals surface area contributed by atoms with E-state index in [1.807, 2.05) is 25.1 Å². The lowest BCUT2D eigenvalue weighted by Gasteiger charge is -2.17. The van der Waals surface area contributed by atoms with Gasteiger partial charge in [0.05, 0.1) is 13.5 Å². The molecule has 0 aliphatic heterocycles. The first-order chi connectivity index (χ1) is 18.2. The lowest BCUT2D eigenvalue weighted by atomic mass is 10.0. The number of hydrogen-bond acceptors (Lipinski definition) is 6. The predicted octanol–water partition coefficient (Wildman–Crippen LogP) is 5.49. The van der Waals surface area contributed by atoms with E-state index in [-0.39, 0.29) is 24.1 Å². The van der Waals surface area contributed by atoms with Gasteiger partial charge in [-0.05, 0) is 68.7 Å². The molecule has 0 unspecified atom stereocenters. The molecule has 10 heteroatoms. The minimum Gasteiger partial charge on any atom is -0.497 e. The number of halogens is 1. The summed E-state index contributed by atoms with van der Waals surface area (Å²) < 4.78 is 11.0. The first-order valence-corrected chi connectivity index (χ1v) is 12.9. The van der Waals surface area contributed by atoms with Crippen LogP contribution in [0.1, 0.15) is 50.3 Å². The van der Waals surface area contributed by atoms with Gasteiger partial charge in [-0.2, -0.15) is 4.98 Å². The molecule has 0 bridgehead atoms. The zero-order valence-electron chi connectivity index (χ0n) is 21.7. The van der Waals surface area contributed by atoms with Gasteiger partial charge in [0, 0.05) is 28.0 Å². The van der Waals surface area contributed by atoms with Crippen LogP contribution in [0.25, 0.3) is 22.0 Å². The average molecular weight is 539 g/mol. The van der Waals surface area contributed by atoms with Crippen molar-refractivity contribution in [3.05, 3.63) is 52.7 Å². The van der Waals surface area contributed by atoms with Crippen LogP contribution < -0.4 is 15.4 Å². The summed E-state index contributed by atoms with van der Waals surface area (Å²) in [5.41, 5.74) is 3.62. The molecule has 2 amide bonds. The van der Waals surface area contributed by atoms with Gasteiger partial charge in [-0.3, -0.25) is 14.9 Å². The van der Waals surface area contributed by atoms with Crippen LogP contribution in [0.3, 0.4) is 0 Å². The van der Waals surface area contributed by atoms with E-state index in [0.717, 1.165) is 35.0 Å². The SMILES string of the molecule is COc1ccc2[nH]c(C)c(CC(=O)N[C@@H](CCCCCC(C)=O)C(=O)Nc3nc4cc(Cl)ccc4o3)c2c1. The Kier molecular flexibility index (Phi) is 8.68. The van der Waals surface area contributed by atoms with Crippen LogP contribution in [0.15, 0.2) is 40.8 Å². The molecule has 3 N–H and O–H groups in total. The van der Waals surface area contributed by atoms with Gasteiger partial charge < -0.3 is 24.2 Å². The number of H-pyrrole nitrogens is 1. The smallest absolute Gasteiger partial charge is 0.302 e. The number of aromatic amines is 1. The first kappa shape index (κ1) is 27.2. The highest BCUT2D eigenvalue weighted by Gasteiger charge is 2.24. The van der Waals surface area contributed by atoms with Crippen molar-refractivity contribution in [2.75, 3.05) is 12.4 Å². The molecule has 0 saturated carbocycles. The van der Waals surface area contributed by atoms with Crippen molar-refractivity contribution in [1.29, 1.82) is 0 Å². The second kappa shape index (κ2) is 12.1. The van der Waals surface area contributed by atoms with Crippen molar-refractivity contribution in [2.24, 2.45) is 0 Å². The number of nitrogens with one attached hydrogen (secondary N) is 3. The number of nitrogens with zero attached hydrogens (tertiary/aromatic N) is 1. The Morgan fingerprint density at radius 2 is 1.95 bits per heavy atom. The quantitative estimate of drug-likeness (QED) is 0.205. The van der Waals surface area contributed by atoms with Gasteiger partial charge in [-0.25, -0.2) is 0 Å². The maximum Gasteiger partial charge on any atom is 0.302 e. The molecule has 2 aromatic heterocycles. The number of carbonyl (C=O) groups excluding carboxylic acids is 3. The highest BCUT2D eigenvalue weighted by Crippen LogP contribution is 2.27. The number of unbranched alkanes of at least 4 members (excludes halogenated alkanes) is 2. The van der Waals surface area contributed by atoms with Gasteiger partial charge in [0.15, 0.2) is 5.58 Å². The Balaban J connectivity index is 1.47. The molecular formula is C28H31ClN4O5. The highest BCUT2D eigenvalue weighted by atomic mass is 35.5. The molecule has 2 aromatic carbocycles. The van der Waals surface area contributed by atoms with Crippen molar-refractivity contribution in [3.8, 4) is 5.75 Å². The second-order valence-electron chi connectivity index (χ2n) is 9.36. The summed E-state index contributed by atoms with van der Waals surface area (Å²) in [4.78, 5) is 45.2. The lowest BCUT2D eigenvalue weighted by Crippen LogP contribution is -2.44. The number of anilines is 1. The van der Waals surface area contributed by atoms with E-state index in [2.05, 4.69) is 20.6 Å². The van der Waals surface area contributed by atoms with E-state index in [1.54, 1.807) is 32.2 Å². The summed E-state index contributed by atoms with van der Waals surface area (Å²) in [5, 5.41) is 6.96. The number of oxazole rings is 1. The van der Waals surface area contributed by atoms with Gasteiger partial charge >= 0.3 is 6.01 Å². The van der Waals surface area contributed by atoms with Gasteiger partial charge in [0.1, 0.15) is 23.1 Å². The number of amides is 2. The van der Waals surface area contributed by atoms with Crippen LogP contribution in [-0.4, -0.2) is 40.7 Å². The molecule has 4 rings (SSSR count). The van der Waals surface area contributed by atoms with E-state index < -0.39 is 11.9 Å². The van der Waals surface area contributed by atoms with Crippen molar-refractivity contribution in [1.82, 2.24) is 15.3 Å². The summed E-state index contributed by atoms with van der Waals surface area (Å²) in [6.45, 7) is 3.47. The van der Waals surface area contributed by atoms with Gasteiger partial charge in [0.25, 0.3) is 5.91 Å². The fourth-order valence-electron chi connectivity index (χ4n) is 4.44. The number of aromatic nitrogens is 2. The number of fused-ring (bicyclic) bond motifs is 2. The highest BCUT2D eigenvalue weighted by molar-refractivity contribution is 6.31. The van der Waals surface area contributed by atoms with Crippen molar-refractivity contribution >= 4 is 57.2 Å². The molecule has 38 heavy (non-hydrogen) atoms. The number of rotatable bonds is 12. The molecular weight excluding hydrogens is 508 g/mol. The van der Waals surface area contributed by atoms with E-state index in [0.29, 0.717) is 41.1 Å². The van der Waals surface area contributed by atoms with Crippen molar-refractivity contribution < 1.29 is 23.5 Å². The molecule has 4 aromatic rings. The van der Waals surface area contributed by atoms with E-state index in [1.165, 1.54) is 0 Å². The molecule has 0 radical (unpaired) electrons. The minimum atomic E-state index is -0.807. The standard InChI is InChI=1S/C28H31ClN4O5/c1-16(34)7-5-4-6-8-23(27(36)33-28-32-24-13-18(29)9-12-25(24)38-28)31-26(35)15-20-17(2)30-22-11-10-19(37-3)14-21(20)22/h9-14,23,30H,4-8,15H2,1-3H3,(H,31,35)(H,32,33,36)/t23-/m0/s1. The van der Waals surface area contributed by atoms with Crippen LogP contribution in [0, 0.1) is 6.92 Å². The normalized spacial score (nSPS) is 12.0. The molecule has 0 aliphatic rings. The summed E-state index contributed by atoms with van der Waals surface area (Å²) >= 11 is 6.02. The Labute approximate surface area is 225 Å². The number of aryl methyl sites for hydroxylation is 1. The Bertz CT molecular complexity index is 1470. The van der Waals surface area contributed by atoms with Crippen LogP contribution >= 0.6 is 11.6 Å². The van der Waals surface area contributed by atoms with Crippen LogP contribution in [-0.2, 0) is 20.8 Å². The molecule has 9 nitrogen and oxygen atoms in total. The Morgan fingerprint density at radius 1 is 1.13 bits per heavy atom. The predicted molar refractivity (Wildman–Crippen MR) is 147 cm³/mol. The minimum absolute atomic E-state index is 0.0302. The lowest BCUT2D eigenvalue weighted by molar-refractivity contribution is -0.126. The molecule has 200 valence electrons. The van der Waals surface area contributed by atoms with Gasteiger partial charge in [-0.15, -0.1) is 0 Å². The largest absolute Gasteiger partial charge is 0.497 e. The third-order valence-corrected chi connectivity index (χ3v) is 6.65. The molecule has 0 fully saturated rings. The number of carbonyl (C=O) groups is 3. The number of methoxy groups -OCH3 is 1. The van der Waals surface area contributed by atoms with E-state index in [4.69, 9.17) is 20.8 Å². The molecule has 0 aliphatic carbocycles.